The van der Waals surface area contributed by atoms with Crippen molar-refractivity contribution >= 4 is 5.91 Å². The predicted molar refractivity (Wildman–Crippen MR) is 71.2 cm³/mol. The number of aromatic nitrogens is 1. The second-order valence-electron chi connectivity index (χ2n) is 4.87. The lowest BCUT2D eigenvalue weighted by atomic mass is 10.1. The van der Waals surface area contributed by atoms with Crippen molar-refractivity contribution in [1.29, 1.82) is 0 Å². The molecular formula is C15H16N2O2. The third kappa shape index (κ3) is 2.67. The normalized spacial score (nSPS) is 14.4. The van der Waals surface area contributed by atoms with Gasteiger partial charge in [-0.05, 0) is 19.8 Å². The summed E-state index contributed by atoms with van der Waals surface area (Å²) in [5, 5.41) is 2.86. The topological polar surface area (TPSA) is 55.1 Å². The number of nitrogens with zero attached hydrogens (tertiary/aromatic N) is 1. The molecule has 1 heterocycles. The molecule has 1 N–H and O–H groups in total. The molecule has 3 rings (SSSR count). The smallest absolute Gasteiger partial charge is 0.223 e. The van der Waals surface area contributed by atoms with Gasteiger partial charge in [-0.25, -0.2) is 4.98 Å². The lowest BCUT2D eigenvalue weighted by Crippen LogP contribution is -2.24. The number of aryl methyl sites for hydroxylation is 1. The highest BCUT2D eigenvalue weighted by Crippen LogP contribution is 2.29. The van der Waals surface area contributed by atoms with Crippen molar-refractivity contribution in [3.8, 4) is 11.3 Å². The zero-order chi connectivity index (χ0) is 13.2. The number of oxazole rings is 1. The van der Waals surface area contributed by atoms with Gasteiger partial charge in [-0.3, -0.25) is 4.79 Å². The van der Waals surface area contributed by atoms with E-state index in [0.717, 1.165) is 29.9 Å². The minimum atomic E-state index is 0.108. The summed E-state index contributed by atoms with van der Waals surface area (Å²) in [4.78, 5) is 16.0. The van der Waals surface area contributed by atoms with Crippen LogP contribution in [-0.2, 0) is 11.3 Å². The molecule has 0 spiro atoms. The summed E-state index contributed by atoms with van der Waals surface area (Å²) in [5.41, 5.74) is 1.87. The van der Waals surface area contributed by atoms with Gasteiger partial charge in [0.2, 0.25) is 11.8 Å². The van der Waals surface area contributed by atoms with Crippen LogP contribution in [0.2, 0.25) is 0 Å². The van der Waals surface area contributed by atoms with E-state index in [1.165, 1.54) is 0 Å². The number of nitrogens with one attached hydrogen (secondary N) is 1. The molecule has 0 bridgehead atoms. The van der Waals surface area contributed by atoms with E-state index in [-0.39, 0.29) is 11.8 Å². The lowest BCUT2D eigenvalue weighted by molar-refractivity contribution is -0.122. The van der Waals surface area contributed by atoms with Crippen molar-refractivity contribution in [2.45, 2.75) is 26.3 Å². The molecule has 0 atom stereocenters. The van der Waals surface area contributed by atoms with Crippen LogP contribution in [0, 0.1) is 12.8 Å². The first-order valence-corrected chi connectivity index (χ1v) is 6.53. The Morgan fingerprint density at radius 3 is 2.79 bits per heavy atom. The number of benzene rings is 1. The first-order valence-electron chi connectivity index (χ1n) is 6.53. The van der Waals surface area contributed by atoms with Gasteiger partial charge in [0, 0.05) is 11.5 Å². The Kier molecular flexibility index (Phi) is 3.07. The maximum absolute atomic E-state index is 11.6. The van der Waals surface area contributed by atoms with Crippen molar-refractivity contribution in [1.82, 2.24) is 10.3 Å². The summed E-state index contributed by atoms with van der Waals surface area (Å²) >= 11 is 0. The minimum absolute atomic E-state index is 0.108. The van der Waals surface area contributed by atoms with Crippen molar-refractivity contribution in [2.75, 3.05) is 0 Å². The molecule has 1 saturated carbocycles. The zero-order valence-corrected chi connectivity index (χ0v) is 10.8. The van der Waals surface area contributed by atoms with Crippen LogP contribution in [0.15, 0.2) is 34.7 Å². The van der Waals surface area contributed by atoms with E-state index in [4.69, 9.17) is 4.42 Å². The number of carbonyl (C=O) groups is 1. The van der Waals surface area contributed by atoms with E-state index >= 15 is 0 Å². The molecule has 0 radical (unpaired) electrons. The van der Waals surface area contributed by atoms with E-state index in [1.54, 1.807) is 0 Å². The molecule has 0 unspecified atom stereocenters. The molecule has 1 aliphatic carbocycles. The van der Waals surface area contributed by atoms with Crippen molar-refractivity contribution in [2.24, 2.45) is 5.92 Å². The average Bonchev–Trinajstić information content (AvgIpc) is 3.21. The molecule has 98 valence electrons. The van der Waals surface area contributed by atoms with Crippen LogP contribution in [-0.4, -0.2) is 10.9 Å². The Morgan fingerprint density at radius 1 is 1.37 bits per heavy atom. The molecule has 0 aliphatic heterocycles. The second-order valence-corrected chi connectivity index (χ2v) is 4.87. The molecule has 2 aromatic rings. The fraction of sp³-hybridized carbons (Fsp3) is 0.333. The Morgan fingerprint density at radius 2 is 2.11 bits per heavy atom. The van der Waals surface area contributed by atoms with Crippen LogP contribution in [0.25, 0.3) is 11.3 Å². The molecule has 1 aliphatic rings. The molecule has 0 saturated heterocycles. The van der Waals surface area contributed by atoms with Crippen LogP contribution < -0.4 is 5.32 Å². The van der Waals surface area contributed by atoms with Gasteiger partial charge in [-0.2, -0.15) is 0 Å². The Bertz CT molecular complexity index is 585. The molecule has 4 nitrogen and oxygen atoms in total. The number of amides is 1. The highest BCUT2D eigenvalue weighted by atomic mass is 16.4. The van der Waals surface area contributed by atoms with Crippen LogP contribution in [0.4, 0.5) is 0 Å². The van der Waals surface area contributed by atoms with Crippen LogP contribution in [0.3, 0.4) is 0 Å². The Balaban J connectivity index is 1.72. The largest absolute Gasteiger partial charge is 0.443 e. The van der Waals surface area contributed by atoms with Gasteiger partial charge in [0.1, 0.15) is 11.5 Å². The third-order valence-electron chi connectivity index (χ3n) is 3.25. The van der Waals surface area contributed by atoms with E-state index in [0.29, 0.717) is 12.4 Å². The van der Waals surface area contributed by atoms with Gasteiger partial charge in [0.05, 0.1) is 6.54 Å². The minimum Gasteiger partial charge on any atom is -0.443 e. The van der Waals surface area contributed by atoms with Gasteiger partial charge in [0.25, 0.3) is 0 Å². The van der Waals surface area contributed by atoms with E-state index in [2.05, 4.69) is 10.3 Å². The van der Waals surface area contributed by atoms with E-state index in [1.807, 2.05) is 37.3 Å². The van der Waals surface area contributed by atoms with Crippen LogP contribution >= 0.6 is 0 Å². The molecule has 4 heteroatoms. The van der Waals surface area contributed by atoms with E-state index < -0.39 is 0 Å². The maximum Gasteiger partial charge on any atom is 0.223 e. The van der Waals surface area contributed by atoms with Crippen molar-refractivity contribution < 1.29 is 9.21 Å². The van der Waals surface area contributed by atoms with Gasteiger partial charge < -0.3 is 9.73 Å². The highest BCUT2D eigenvalue weighted by Gasteiger charge is 2.29. The monoisotopic (exact) mass is 256 g/mol. The number of rotatable bonds is 4. The quantitative estimate of drug-likeness (QED) is 0.915. The highest BCUT2D eigenvalue weighted by molar-refractivity contribution is 5.80. The van der Waals surface area contributed by atoms with E-state index in [9.17, 15) is 4.79 Å². The average molecular weight is 256 g/mol. The molecule has 1 amide bonds. The van der Waals surface area contributed by atoms with Gasteiger partial charge in [0.15, 0.2) is 0 Å². The van der Waals surface area contributed by atoms with Crippen LogP contribution in [0.5, 0.6) is 0 Å². The SMILES string of the molecule is Cc1oc(CNC(=O)C2CC2)nc1-c1ccccc1. The fourth-order valence-electron chi connectivity index (χ4n) is 2.04. The standard InChI is InChI=1S/C15H16N2O2/c1-10-14(11-5-3-2-4-6-11)17-13(19-10)9-16-15(18)12-7-8-12/h2-6,12H,7-9H2,1H3,(H,16,18). The number of hydrogen-bond acceptors (Lipinski definition) is 3. The summed E-state index contributed by atoms with van der Waals surface area (Å²) in [6, 6.07) is 9.90. The van der Waals surface area contributed by atoms with Gasteiger partial charge in [-0.15, -0.1) is 0 Å². The Labute approximate surface area is 111 Å². The summed E-state index contributed by atoms with van der Waals surface area (Å²) in [5.74, 6) is 1.66. The molecule has 1 aromatic heterocycles. The van der Waals surface area contributed by atoms with Crippen molar-refractivity contribution in [3.63, 3.8) is 0 Å². The number of hydrogen-bond donors (Lipinski definition) is 1. The second kappa shape index (κ2) is 4.88. The number of carbonyl (C=O) groups excluding carboxylic acids is 1. The summed E-state index contributed by atoms with van der Waals surface area (Å²) < 4.78 is 5.59. The predicted octanol–water partition coefficient (Wildman–Crippen LogP) is 2.68. The maximum atomic E-state index is 11.6. The fourth-order valence-corrected chi connectivity index (χ4v) is 2.04. The Hall–Kier alpha value is -2.10. The summed E-state index contributed by atoms with van der Waals surface area (Å²) in [6.07, 6.45) is 2.01. The van der Waals surface area contributed by atoms with Gasteiger partial charge >= 0.3 is 0 Å². The summed E-state index contributed by atoms with van der Waals surface area (Å²) in [7, 11) is 0. The molecular weight excluding hydrogens is 240 g/mol. The molecule has 1 fully saturated rings. The lowest BCUT2D eigenvalue weighted by Gasteiger charge is -1.99. The van der Waals surface area contributed by atoms with Crippen LogP contribution in [0.1, 0.15) is 24.5 Å². The van der Waals surface area contributed by atoms with Gasteiger partial charge in [-0.1, -0.05) is 30.3 Å². The zero-order valence-electron chi connectivity index (χ0n) is 10.8. The molecule has 19 heavy (non-hydrogen) atoms. The first-order chi connectivity index (χ1) is 9.24. The van der Waals surface area contributed by atoms with Crippen molar-refractivity contribution in [3.05, 3.63) is 42.0 Å². The molecule has 1 aromatic carbocycles. The first kappa shape index (κ1) is 12.0. The third-order valence-corrected chi connectivity index (χ3v) is 3.25. The summed E-state index contributed by atoms with van der Waals surface area (Å²) in [6.45, 7) is 2.25.